The Morgan fingerprint density at radius 2 is 1.45 bits per heavy atom. The monoisotopic (exact) mass is 557 g/mol. The summed E-state index contributed by atoms with van der Waals surface area (Å²) in [6.07, 6.45) is 3.59. The van der Waals surface area contributed by atoms with Crippen LogP contribution < -0.4 is 9.64 Å². The Kier molecular flexibility index (Phi) is 5.80. The van der Waals surface area contributed by atoms with Crippen molar-refractivity contribution in [3.63, 3.8) is 0 Å². The molecule has 0 aromatic heterocycles. The van der Waals surface area contributed by atoms with Gasteiger partial charge < -0.3 is 9.64 Å². The molecule has 4 aromatic rings. The zero-order valence-corrected chi connectivity index (χ0v) is 22.5. The van der Waals surface area contributed by atoms with E-state index < -0.39 is 46.8 Å². The van der Waals surface area contributed by atoms with E-state index >= 15 is 0 Å². The molecule has 0 saturated carbocycles. The zero-order chi connectivity index (χ0) is 29.2. The number of ether oxygens (including phenoxy) is 1. The van der Waals surface area contributed by atoms with Crippen LogP contribution in [0.2, 0.25) is 0 Å². The number of halogens is 1. The van der Waals surface area contributed by atoms with Crippen LogP contribution >= 0.6 is 0 Å². The second kappa shape index (κ2) is 9.45. The van der Waals surface area contributed by atoms with E-state index in [1.807, 2.05) is 6.07 Å². The average molecular weight is 558 g/mol. The molecule has 1 unspecified atom stereocenters. The molecule has 7 rings (SSSR count). The van der Waals surface area contributed by atoms with E-state index in [1.54, 1.807) is 83.8 Å². The highest BCUT2D eigenvalue weighted by Gasteiger charge is 2.71. The van der Waals surface area contributed by atoms with Crippen molar-refractivity contribution in [2.75, 3.05) is 4.90 Å². The van der Waals surface area contributed by atoms with Gasteiger partial charge in [0, 0.05) is 35.1 Å². The first-order chi connectivity index (χ1) is 20.3. The lowest BCUT2D eigenvalue weighted by molar-refractivity contribution is -0.131. The van der Waals surface area contributed by atoms with Crippen molar-refractivity contribution in [1.29, 1.82) is 0 Å². The lowest BCUT2D eigenvalue weighted by atomic mass is 9.64. The zero-order valence-electron chi connectivity index (χ0n) is 22.5. The van der Waals surface area contributed by atoms with E-state index in [4.69, 9.17) is 4.74 Å². The number of para-hydroxylation sites is 1. The molecule has 3 atom stereocenters. The molecule has 4 aromatic carbocycles. The van der Waals surface area contributed by atoms with Crippen molar-refractivity contribution in [2.45, 2.75) is 24.9 Å². The Morgan fingerprint density at radius 1 is 0.810 bits per heavy atom. The molecule has 6 nitrogen and oxygen atoms in total. The van der Waals surface area contributed by atoms with Gasteiger partial charge in [0.15, 0.2) is 23.1 Å². The SMILES string of the molecule is CC(=O)Oc1cccc2c1N1C(C=C2)C2(C(=O)c3ccccc3C2=O)[C@@H](c2ccc(F)cc2)[C@@H]1C(=O)c1ccccc1. The van der Waals surface area contributed by atoms with Crippen molar-refractivity contribution < 1.29 is 28.3 Å². The molecule has 1 saturated heterocycles. The Morgan fingerprint density at radius 3 is 2.10 bits per heavy atom. The maximum Gasteiger partial charge on any atom is 0.308 e. The number of hydrogen-bond acceptors (Lipinski definition) is 6. The number of nitrogens with zero attached hydrogens (tertiary/aromatic N) is 1. The fraction of sp³-hybridized carbons (Fsp3) is 0.143. The second-order valence-corrected chi connectivity index (χ2v) is 10.8. The number of fused-ring (bicyclic) bond motifs is 5. The third kappa shape index (κ3) is 3.49. The summed E-state index contributed by atoms with van der Waals surface area (Å²) in [4.78, 5) is 57.9. The smallest absolute Gasteiger partial charge is 0.308 e. The van der Waals surface area contributed by atoms with Crippen LogP contribution in [0.15, 0.2) is 103 Å². The van der Waals surface area contributed by atoms with Gasteiger partial charge in [0.1, 0.15) is 17.3 Å². The molecule has 2 aliphatic heterocycles. The van der Waals surface area contributed by atoms with Crippen molar-refractivity contribution in [1.82, 2.24) is 0 Å². The Hall–Kier alpha value is -5.17. The van der Waals surface area contributed by atoms with E-state index in [0.717, 1.165) is 0 Å². The van der Waals surface area contributed by atoms with Gasteiger partial charge in [-0.25, -0.2) is 4.39 Å². The molecular weight excluding hydrogens is 533 g/mol. The van der Waals surface area contributed by atoms with Crippen molar-refractivity contribution in [3.05, 3.63) is 137 Å². The first-order valence-corrected chi connectivity index (χ1v) is 13.7. The molecule has 2 heterocycles. The average Bonchev–Trinajstić information content (AvgIpc) is 3.43. The number of Topliss-reactive ketones (excluding diaryl/α,β-unsaturated/α-hetero) is 3. The number of ketones is 3. The van der Waals surface area contributed by atoms with Crippen molar-refractivity contribution in [2.24, 2.45) is 5.41 Å². The second-order valence-electron chi connectivity index (χ2n) is 10.8. The topological polar surface area (TPSA) is 80.8 Å². The molecule has 0 bridgehead atoms. The normalized spacial score (nSPS) is 21.2. The molecule has 7 heteroatoms. The van der Waals surface area contributed by atoms with E-state index in [2.05, 4.69) is 0 Å². The number of carbonyl (C=O) groups excluding carboxylic acids is 4. The van der Waals surface area contributed by atoms with Gasteiger partial charge in [0.25, 0.3) is 0 Å². The van der Waals surface area contributed by atoms with Gasteiger partial charge >= 0.3 is 5.97 Å². The number of anilines is 1. The summed E-state index contributed by atoms with van der Waals surface area (Å²) >= 11 is 0. The lowest BCUT2D eigenvalue weighted by Crippen LogP contribution is -2.48. The van der Waals surface area contributed by atoms with Gasteiger partial charge in [0.05, 0.1) is 11.7 Å². The minimum atomic E-state index is -1.74. The summed E-state index contributed by atoms with van der Waals surface area (Å²) in [5.41, 5.74) is 0.811. The van der Waals surface area contributed by atoms with Crippen LogP contribution in [0.3, 0.4) is 0 Å². The molecular formula is C35H24FNO5. The predicted molar refractivity (Wildman–Crippen MR) is 154 cm³/mol. The highest BCUT2D eigenvalue weighted by molar-refractivity contribution is 6.32. The summed E-state index contributed by atoms with van der Waals surface area (Å²) in [6, 6.07) is 24.2. The third-order valence-electron chi connectivity index (χ3n) is 8.60. The Bertz CT molecular complexity index is 1790. The highest BCUT2D eigenvalue weighted by atomic mass is 19.1. The van der Waals surface area contributed by atoms with Gasteiger partial charge in [-0.15, -0.1) is 0 Å². The molecule has 1 aliphatic carbocycles. The van der Waals surface area contributed by atoms with E-state index in [0.29, 0.717) is 22.4 Å². The van der Waals surface area contributed by atoms with Crippen LogP contribution in [0, 0.1) is 11.2 Å². The first kappa shape index (κ1) is 25.8. The molecule has 0 amide bonds. The van der Waals surface area contributed by atoms with Gasteiger partial charge in [0.2, 0.25) is 0 Å². The number of hydrogen-bond donors (Lipinski definition) is 0. The number of carbonyl (C=O) groups is 4. The molecule has 0 N–H and O–H groups in total. The van der Waals surface area contributed by atoms with Gasteiger partial charge in [-0.1, -0.05) is 91.0 Å². The van der Waals surface area contributed by atoms with Crippen LogP contribution in [0.4, 0.5) is 10.1 Å². The van der Waals surface area contributed by atoms with Crippen molar-refractivity contribution in [3.8, 4) is 5.75 Å². The van der Waals surface area contributed by atoms with E-state index in [1.165, 1.54) is 31.2 Å². The Labute approximate surface area is 241 Å². The first-order valence-electron chi connectivity index (χ1n) is 13.7. The minimum absolute atomic E-state index is 0.213. The van der Waals surface area contributed by atoms with E-state index in [-0.39, 0.29) is 22.7 Å². The largest absolute Gasteiger partial charge is 0.424 e. The fourth-order valence-corrected chi connectivity index (χ4v) is 7.04. The maximum absolute atomic E-state index is 14.7. The van der Waals surface area contributed by atoms with Crippen LogP contribution in [0.5, 0.6) is 5.75 Å². The Balaban J connectivity index is 1.57. The van der Waals surface area contributed by atoms with E-state index in [9.17, 15) is 23.6 Å². The molecule has 42 heavy (non-hydrogen) atoms. The number of esters is 1. The predicted octanol–water partition coefficient (Wildman–Crippen LogP) is 6.07. The molecule has 3 aliphatic rings. The summed E-state index contributed by atoms with van der Waals surface area (Å²) in [7, 11) is 0. The lowest BCUT2D eigenvalue weighted by Gasteiger charge is -2.37. The molecule has 1 fully saturated rings. The maximum atomic E-state index is 14.7. The quantitative estimate of drug-likeness (QED) is 0.131. The van der Waals surface area contributed by atoms with Crippen LogP contribution in [0.25, 0.3) is 6.08 Å². The minimum Gasteiger partial charge on any atom is -0.424 e. The van der Waals surface area contributed by atoms with Crippen LogP contribution in [-0.4, -0.2) is 35.4 Å². The summed E-state index contributed by atoms with van der Waals surface area (Å²) < 4.78 is 19.9. The molecule has 0 radical (unpaired) electrons. The number of benzene rings is 4. The summed E-state index contributed by atoms with van der Waals surface area (Å²) in [5.74, 6) is -2.92. The van der Waals surface area contributed by atoms with Crippen LogP contribution in [-0.2, 0) is 4.79 Å². The molecule has 206 valence electrons. The van der Waals surface area contributed by atoms with Gasteiger partial charge in [-0.3, -0.25) is 19.2 Å². The highest BCUT2D eigenvalue weighted by Crippen LogP contribution is 2.62. The van der Waals surface area contributed by atoms with Crippen molar-refractivity contribution >= 4 is 35.1 Å². The number of rotatable bonds is 4. The van der Waals surface area contributed by atoms with Gasteiger partial charge in [-0.2, -0.15) is 0 Å². The molecule has 1 spiro atoms. The summed E-state index contributed by atoms with van der Waals surface area (Å²) in [6.45, 7) is 1.29. The standard InChI is InChI=1S/C35H24FNO5/c1-20(38)42-27-13-7-10-22-16-19-28-35(33(40)25-11-5-6-12-26(25)34(35)41)29(21-14-17-24(36)18-15-21)31(37(28)30(22)27)32(39)23-8-3-2-4-9-23/h2-19,28-29,31H,1H3/t28?,29-,31+/m0/s1. The summed E-state index contributed by atoms with van der Waals surface area (Å²) in [5, 5.41) is 0. The fourth-order valence-electron chi connectivity index (χ4n) is 7.04. The van der Waals surface area contributed by atoms with Crippen LogP contribution in [0.1, 0.15) is 55.0 Å². The third-order valence-corrected chi connectivity index (χ3v) is 8.60. The van der Waals surface area contributed by atoms with Gasteiger partial charge in [-0.05, 0) is 23.8 Å².